The van der Waals surface area contributed by atoms with Crippen molar-refractivity contribution < 1.29 is 27.3 Å². The molecule has 1 amide bonds. The highest BCUT2D eigenvalue weighted by atomic mass is 32.2. The molecule has 0 radical (unpaired) electrons. The number of benzene rings is 1. The molecule has 0 aliphatic carbocycles. The van der Waals surface area contributed by atoms with E-state index in [0.29, 0.717) is 11.8 Å². The Balaban J connectivity index is 2.04. The molecule has 0 saturated heterocycles. The molecular weight excluding hydrogens is 372 g/mol. The van der Waals surface area contributed by atoms with Crippen LogP contribution >= 0.6 is 11.8 Å². The molecule has 0 aliphatic heterocycles. The first-order chi connectivity index (χ1) is 11.6. The van der Waals surface area contributed by atoms with Gasteiger partial charge >= 0.3 is 6.18 Å². The van der Waals surface area contributed by atoms with Gasteiger partial charge in [0, 0.05) is 12.1 Å². The van der Waals surface area contributed by atoms with Crippen LogP contribution in [-0.4, -0.2) is 31.5 Å². The predicted octanol–water partition coefficient (Wildman–Crippen LogP) is 1.79. The van der Waals surface area contributed by atoms with E-state index in [1.54, 1.807) is 0 Å². The molecule has 25 heavy (non-hydrogen) atoms. The molecule has 0 atom stereocenters. The topological polar surface area (TPSA) is 129 Å². The fraction of sp³-hybridized carbons (Fsp3) is 0.182. The summed E-state index contributed by atoms with van der Waals surface area (Å²) < 4.78 is 51.2. The van der Waals surface area contributed by atoms with Crippen molar-refractivity contribution >= 4 is 29.0 Å². The van der Waals surface area contributed by atoms with Gasteiger partial charge in [-0.1, -0.05) is 11.8 Å². The molecule has 2 rings (SSSR count). The highest BCUT2D eigenvalue weighted by molar-refractivity contribution is 7.99. The van der Waals surface area contributed by atoms with Gasteiger partial charge in [0.05, 0.1) is 16.4 Å². The second kappa shape index (κ2) is 6.92. The number of nitro benzene ring substituents is 1. The molecule has 14 heteroatoms. The lowest BCUT2D eigenvalue weighted by atomic mass is 10.2. The van der Waals surface area contributed by atoms with Crippen molar-refractivity contribution in [2.75, 3.05) is 16.9 Å². The summed E-state index contributed by atoms with van der Waals surface area (Å²) in [5, 5.41) is 18.4. The number of nitrogens with one attached hydrogen (secondary N) is 1. The van der Waals surface area contributed by atoms with Gasteiger partial charge in [0.1, 0.15) is 5.82 Å². The summed E-state index contributed by atoms with van der Waals surface area (Å²) in [5.41, 5.74) is -0.883. The van der Waals surface area contributed by atoms with Crippen LogP contribution in [0.1, 0.15) is 5.82 Å². The Hall–Kier alpha value is -2.90. The zero-order valence-electron chi connectivity index (χ0n) is 12.0. The van der Waals surface area contributed by atoms with Crippen molar-refractivity contribution in [1.82, 2.24) is 14.9 Å². The fourth-order valence-electron chi connectivity index (χ4n) is 1.61. The summed E-state index contributed by atoms with van der Waals surface area (Å²) in [6.07, 6.45) is -4.81. The van der Waals surface area contributed by atoms with Crippen LogP contribution in [0.3, 0.4) is 0 Å². The molecule has 1 aromatic carbocycles. The Morgan fingerprint density at radius 3 is 2.64 bits per heavy atom. The minimum Gasteiger partial charge on any atom is -0.335 e. The number of nitrogen functional groups attached to an aromatic ring is 1. The van der Waals surface area contributed by atoms with Crippen LogP contribution in [0.2, 0.25) is 0 Å². The average molecular weight is 380 g/mol. The van der Waals surface area contributed by atoms with Crippen molar-refractivity contribution in [2.24, 2.45) is 0 Å². The number of aromatic nitrogens is 3. The molecule has 1 aromatic heterocycles. The first-order valence-electron chi connectivity index (χ1n) is 6.24. The van der Waals surface area contributed by atoms with Crippen molar-refractivity contribution in [2.45, 2.75) is 11.3 Å². The fourth-order valence-corrected chi connectivity index (χ4v) is 2.26. The smallest absolute Gasteiger partial charge is 0.335 e. The maximum atomic E-state index is 13.5. The highest BCUT2D eigenvalue weighted by Gasteiger charge is 2.38. The van der Waals surface area contributed by atoms with Crippen LogP contribution in [0.25, 0.3) is 0 Å². The zero-order valence-corrected chi connectivity index (χ0v) is 12.8. The Bertz CT molecular complexity index is 825. The van der Waals surface area contributed by atoms with E-state index in [1.807, 2.05) is 0 Å². The first-order valence-corrected chi connectivity index (χ1v) is 7.22. The third kappa shape index (κ3) is 4.34. The van der Waals surface area contributed by atoms with E-state index in [4.69, 9.17) is 5.84 Å². The summed E-state index contributed by atoms with van der Waals surface area (Å²) in [6.45, 7) is 0. The highest BCUT2D eigenvalue weighted by Crippen LogP contribution is 2.29. The number of nitrogens with zero attached hydrogens (tertiary/aromatic N) is 4. The summed E-state index contributed by atoms with van der Waals surface area (Å²) in [5.74, 6) is 1.52. The molecule has 3 N–H and O–H groups in total. The third-order valence-electron chi connectivity index (χ3n) is 2.69. The number of amides is 1. The van der Waals surface area contributed by atoms with Gasteiger partial charge < -0.3 is 11.2 Å². The number of carbonyl (C=O) groups excluding carboxylic acids is 1. The molecule has 0 fully saturated rings. The predicted molar refractivity (Wildman–Crippen MR) is 77.6 cm³/mol. The average Bonchev–Trinajstić information content (AvgIpc) is 2.88. The van der Waals surface area contributed by atoms with Crippen molar-refractivity contribution in [3.63, 3.8) is 0 Å². The number of nitro groups is 1. The maximum absolute atomic E-state index is 13.5. The Kier molecular flexibility index (Phi) is 5.10. The number of rotatable bonds is 5. The number of hydrogen-bond acceptors (Lipinski definition) is 7. The Morgan fingerprint density at radius 2 is 2.08 bits per heavy atom. The number of anilines is 1. The van der Waals surface area contributed by atoms with Crippen molar-refractivity contribution in [3.05, 3.63) is 40.0 Å². The molecule has 0 spiro atoms. The van der Waals surface area contributed by atoms with Gasteiger partial charge in [0.25, 0.3) is 11.5 Å². The van der Waals surface area contributed by atoms with E-state index >= 15 is 0 Å². The molecule has 0 saturated carbocycles. The monoisotopic (exact) mass is 380 g/mol. The van der Waals surface area contributed by atoms with E-state index < -0.39 is 45.8 Å². The summed E-state index contributed by atoms with van der Waals surface area (Å²) in [7, 11) is 0. The van der Waals surface area contributed by atoms with E-state index in [1.165, 1.54) is 0 Å². The normalized spacial score (nSPS) is 11.4. The van der Waals surface area contributed by atoms with E-state index in [0.717, 1.165) is 18.2 Å². The second-order valence-electron chi connectivity index (χ2n) is 4.43. The summed E-state index contributed by atoms with van der Waals surface area (Å²) in [6, 6.07) is 2.52. The molecule has 0 unspecified atom stereocenters. The Morgan fingerprint density at radius 1 is 1.40 bits per heavy atom. The molecule has 134 valence electrons. The lowest BCUT2D eigenvalue weighted by Crippen LogP contribution is -2.22. The minimum atomic E-state index is -4.81. The van der Waals surface area contributed by atoms with Crippen LogP contribution in [-0.2, 0) is 11.0 Å². The van der Waals surface area contributed by atoms with Crippen LogP contribution < -0.4 is 11.2 Å². The van der Waals surface area contributed by atoms with Gasteiger partial charge in [-0.05, 0) is 6.07 Å². The first kappa shape index (κ1) is 18.4. The van der Waals surface area contributed by atoms with E-state index in [2.05, 4.69) is 15.5 Å². The number of halogens is 4. The maximum Gasteiger partial charge on any atom is 0.453 e. The SMILES string of the molecule is Nn1c(SCC(=O)Nc2cc([N+](=O)[O-])ccc2F)nnc1C(F)(F)F. The molecule has 1 heterocycles. The quantitative estimate of drug-likeness (QED) is 0.266. The number of hydrogen-bond donors (Lipinski definition) is 2. The zero-order chi connectivity index (χ0) is 18.8. The molecule has 0 aliphatic rings. The second-order valence-corrected chi connectivity index (χ2v) is 5.37. The number of carbonyl (C=O) groups is 1. The number of non-ortho nitro benzene ring substituents is 1. The summed E-state index contributed by atoms with van der Waals surface area (Å²) >= 11 is 0.524. The third-order valence-corrected chi connectivity index (χ3v) is 3.63. The molecule has 0 bridgehead atoms. The molecular formula is C11H8F4N6O3S. The minimum absolute atomic E-state index is 0.173. The van der Waals surface area contributed by atoms with Crippen LogP contribution in [0.5, 0.6) is 0 Å². The van der Waals surface area contributed by atoms with Gasteiger partial charge in [0.15, 0.2) is 0 Å². The van der Waals surface area contributed by atoms with Crippen molar-refractivity contribution in [1.29, 1.82) is 0 Å². The van der Waals surface area contributed by atoms with E-state index in [9.17, 15) is 32.5 Å². The van der Waals surface area contributed by atoms with Gasteiger partial charge in [-0.25, -0.2) is 9.07 Å². The molecule has 9 nitrogen and oxygen atoms in total. The van der Waals surface area contributed by atoms with E-state index in [-0.39, 0.29) is 9.83 Å². The van der Waals surface area contributed by atoms with Crippen molar-refractivity contribution in [3.8, 4) is 0 Å². The van der Waals surface area contributed by atoms with Gasteiger partial charge in [-0.2, -0.15) is 13.2 Å². The lowest BCUT2D eigenvalue weighted by Gasteiger charge is -2.07. The standard InChI is InChI=1S/C11H8F4N6O3S/c12-6-2-1-5(21(23)24)3-7(6)17-8(22)4-25-10-19-18-9(20(10)16)11(13,14)15/h1-3H,4,16H2,(H,17,22). The van der Waals surface area contributed by atoms with Gasteiger partial charge in [0.2, 0.25) is 11.1 Å². The Labute approximate surface area is 140 Å². The van der Waals surface area contributed by atoms with Gasteiger partial charge in [-0.3, -0.25) is 14.9 Å². The van der Waals surface area contributed by atoms with Gasteiger partial charge in [-0.15, -0.1) is 10.2 Å². The number of alkyl halides is 3. The largest absolute Gasteiger partial charge is 0.453 e. The van der Waals surface area contributed by atoms with Crippen LogP contribution in [0.4, 0.5) is 28.9 Å². The van der Waals surface area contributed by atoms with Crippen LogP contribution in [0.15, 0.2) is 23.4 Å². The number of thioether (sulfide) groups is 1. The number of nitrogens with two attached hydrogens (primary N) is 1. The molecule has 2 aromatic rings. The summed E-state index contributed by atoms with van der Waals surface area (Å²) in [4.78, 5) is 21.6. The lowest BCUT2D eigenvalue weighted by molar-refractivity contribution is -0.384. The van der Waals surface area contributed by atoms with Crippen LogP contribution in [0, 0.1) is 15.9 Å².